The fourth-order valence-corrected chi connectivity index (χ4v) is 3.57. The largest absolute Gasteiger partial charge is 0.465 e. The lowest BCUT2D eigenvalue weighted by atomic mass is 10.1. The first-order chi connectivity index (χ1) is 13.7. The Kier molecular flexibility index (Phi) is 7.10. The Morgan fingerprint density at radius 2 is 1.72 bits per heavy atom. The van der Waals surface area contributed by atoms with Crippen molar-refractivity contribution in [3.63, 3.8) is 0 Å². The van der Waals surface area contributed by atoms with Gasteiger partial charge in [0.2, 0.25) is 0 Å². The predicted octanol–water partition coefficient (Wildman–Crippen LogP) is 2.18. The minimum absolute atomic E-state index is 0.0513. The molecule has 0 aliphatic carbocycles. The smallest absolute Gasteiger partial charge is 0.356 e. The van der Waals surface area contributed by atoms with Gasteiger partial charge < -0.3 is 19.5 Å². The zero-order chi connectivity index (χ0) is 21.7. The van der Waals surface area contributed by atoms with Crippen LogP contribution in [-0.2, 0) is 21.3 Å². The zero-order valence-corrected chi connectivity index (χ0v) is 17.5. The molecule has 0 aliphatic rings. The van der Waals surface area contributed by atoms with Crippen molar-refractivity contribution in [3.05, 3.63) is 33.5 Å². The molecule has 2 aromatic rings. The Hall–Kier alpha value is -3.21. The summed E-state index contributed by atoms with van der Waals surface area (Å²) in [5, 5.41) is 6.67. The molecule has 10 nitrogen and oxygen atoms in total. The standard InChI is InChI=1S/C18H21N3O7S/c1-6-27-16(23)11-8-10(20-21(11)4)14(22)19-15-12(17(24)26-5)9(3)13(29-15)18(25)28-7-2/h8H,6-7H2,1-5H3,(H,19,22). The lowest BCUT2D eigenvalue weighted by Gasteiger charge is -2.04. The summed E-state index contributed by atoms with van der Waals surface area (Å²) in [6, 6.07) is 1.28. The highest BCUT2D eigenvalue weighted by Crippen LogP contribution is 2.34. The van der Waals surface area contributed by atoms with Crippen LogP contribution in [0.15, 0.2) is 6.07 Å². The monoisotopic (exact) mass is 423 g/mol. The first-order valence-corrected chi connectivity index (χ1v) is 9.48. The van der Waals surface area contributed by atoms with Crippen LogP contribution in [0.2, 0.25) is 0 Å². The number of carbonyl (C=O) groups is 4. The number of aromatic nitrogens is 2. The summed E-state index contributed by atoms with van der Waals surface area (Å²) in [7, 11) is 2.69. The zero-order valence-electron chi connectivity index (χ0n) is 16.7. The molecule has 1 N–H and O–H groups in total. The second-order valence-electron chi connectivity index (χ2n) is 5.69. The van der Waals surface area contributed by atoms with Crippen LogP contribution in [0, 0.1) is 6.92 Å². The topological polar surface area (TPSA) is 126 Å². The van der Waals surface area contributed by atoms with E-state index in [0.717, 1.165) is 11.3 Å². The lowest BCUT2D eigenvalue weighted by Crippen LogP contribution is -2.15. The maximum absolute atomic E-state index is 12.6. The fourth-order valence-electron chi connectivity index (χ4n) is 2.48. The van der Waals surface area contributed by atoms with Crippen molar-refractivity contribution in [2.45, 2.75) is 20.8 Å². The molecule has 156 valence electrons. The van der Waals surface area contributed by atoms with Crippen LogP contribution in [0.3, 0.4) is 0 Å². The van der Waals surface area contributed by atoms with Gasteiger partial charge in [-0.2, -0.15) is 5.10 Å². The van der Waals surface area contributed by atoms with Crippen molar-refractivity contribution < 1.29 is 33.4 Å². The minimum atomic E-state index is -0.710. The highest BCUT2D eigenvalue weighted by molar-refractivity contribution is 7.18. The molecule has 0 aliphatic heterocycles. The maximum atomic E-state index is 12.6. The molecule has 2 aromatic heterocycles. The molecule has 0 spiro atoms. The predicted molar refractivity (Wildman–Crippen MR) is 103 cm³/mol. The molecule has 11 heteroatoms. The van der Waals surface area contributed by atoms with Gasteiger partial charge in [0.05, 0.1) is 25.9 Å². The SMILES string of the molecule is CCOC(=O)c1sc(NC(=O)c2cc(C(=O)OCC)n(C)n2)c(C(=O)OC)c1C. The molecular weight excluding hydrogens is 402 g/mol. The Morgan fingerprint density at radius 1 is 1.10 bits per heavy atom. The third-order valence-corrected chi connectivity index (χ3v) is 5.01. The van der Waals surface area contributed by atoms with Crippen LogP contribution in [0.4, 0.5) is 5.00 Å². The summed E-state index contributed by atoms with van der Waals surface area (Å²) in [5.41, 5.74) is 0.425. The van der Waals surface area contributed by atoms with Gasteiger partial charge in [-0.15, -0.1) is 11.3 Å². The Morgan fingerprint density at radius 3 is 2.31 bits per heavy atom. The van der Waals surface area contributed by atoms with Crippen molar-refractivity contribution in [2.24, 2.45) is 7.05 Å². The van der Waals surface area contributed by atoms with E-state index in [1.807, 2.05) is 0 Å². The van der Waals surface area contributed by atoms with Gasteiger partial charge in [0.25, 0.3) is 5.91 Å². The average Bonchev–Trinajstić information content (AvgIpc) is 3.22. The number of amides is 1. The van der Waals surface area contributed by atoms with E-state index in [1.54, 1.807) is 20.8 Å². The van der Waals surface area contributed by atoms with Gasteiger partial charge in [0.15, 0.2) is 5.69 Å². The second kappa shape index (κ2) is 9.32. The molecular formula is C18H21N3O7S. The number of rotatable bonds is 7. The molecule has 0 saturated carbocycles. The van der Waals surface area contributed by atoms with Crippen molar-refractivity contribution >= 4 is 40.2 Å². The van der Waals surface area contributed by atoms with Gasteiger partial charge in [-0.3, -0.25) is 9.48 Å². The Bertz CT molecular complexity index is 961. The molecule has 0 bridgehead atoms. The molecule has 0 unspecified atom stereocenters. The molecule has 2 heterocycles. The first kappa shape index (κ1) is 22.1. The van der Waals surface area contributed by atoms with E-state index in [2.05, 4.69) is 10.4 Å². The Balaban J connectivity index is 2.38. The number of aryl methyl sites for hydroxylation is 1. The van der Waals surface area contributed by atoms with Crippen molar-refractivity contribution in [1.29, 1.82) is 0 Å². The number of carbonyl (C=O) groups excluding carboxylic acids is 4. The summed E-state index contributed by atoms with van der Waals surface area (Å²) in [6.07, 6.45) is 0. The first-order valence-electron chi connectivity index (χ1n) is 8.66. The van der Waals surface area contributed by atoms with Gasteiger partial charge in [-0.05, 0) is 26.3 Å². The summed E-state index contributed by atoms with van der Waals surface area (Å²) in [6.45, 7) is 5.23. The fraction of sp³-hybridized carbons (Fsp3) is 0.389. The Labute approximate surface area is 170 Å². The average molecular weight is 423 g/mol. The quantitative estimate of drug-likeness (QED) is 0.530. The van der Waals surface area contributed by atoms with Crippen LogP contribution < -0.4 is 5.32 Å². The maximum Gasteiger partial charge on any atom is 0.356 e. The summed E-state index contributed by atoms with van der Waals surface area (Å²) in [5.74, 6) is -2.60. The van der Waals surface area contributed by atoms with Crippen LogP contribution in [0.1, 0.15) is 60.4 Å². The summed E-state index contributed by atoms with van der Waals surface area (Å²) < 4.78 is 15.9. The number of thiophene rings is 1. The van der Waals surface area contributed by atoms with Crippen LogP contribution in [0.5, 0.6) is 0 Å². The summed E-state index contributed by atoms with van der Waals surface area (Å²) in [4.78, 5) is 49.0. The van der Waals surface area contributed by atoms with Gasteiger partial charge in [0.1, 0.15) is 15.6 Å². The molecule has 0 saturated heterocycles. The number of ether oxygens (including phenoxy) is 3. The van der Waals surface area contributed by atoms with E-state index in [-0.39, 0.29) is 40.0 Å². The lowest BCUT2D eigenvalue weighted by molar-refractivity contribution is 0.0508. The van der Waals surface area contributed by atoms with Gasteiger partial charge in [-0.1, -0.05) is 0 Å². The van der Waals surface area contributed by atoms with Crippen LogP contribution in [0.25, 0.3) is 0 Å². The molecule has 29 heavy (non-hydrogen) atoms. The van der Waals surface area contributed by atoms with Gasteiger partial charge in [-0.25, -0.2) is 14.4 Å². The van der Waals surface area contributed by atoms with Gasteiger partial charge >= 0.3 is 17.9 Å². The van der Waals surface area contributed by atoms with E-state index in [1.165, 1.54) is 24.9 Å². The van der Waals surface area contributed by atoms with E-state index < -0.39 is 23.8 Å². The van der Waals surface area contributed by atoms with Crippen LogP contribution >= 0.6 is 11.3 Å². The van der Waals surface area contributed by atoms with E-state index in [4.69, 9.17) is 14.2 Å². The normalized spacial score (nSPS) is 10.4. The van der Waals surface area contributed by atoms with Crippen molar-refractivity contribution in [2.75, 3.05) is 25.6 Å². The number of esters is 3. The number of methoxy groups -OCH3 is 1. The molecule has 1 amide bonds. The minimum Gasteiger partial charge on any atom is -0.465 e. The molecule has 0 atom stereocenters. The molecule has 2 rings (SSSR count). The number of hydrogen-bond donors (Lipinski definition) is 1. The summed E-state index contributed by atoms with van der Waals surface area (Å²) >= 11 is 0.893. The number of nitrogens with one attached hydrogen (secondary N) is 1. The molecule has 0 aromatic carbocycles. The molecule has 0 radical (unpaired) electrons. The van der Waals surface area contributed by atoms with Crippen molar-refractivity contribution in [1.82, 2.24) is 9.78 Å². The molecule has 0 fully saturated rings. The van der Waals surface area contributed by atoms with Gasteiger partial charge in [0, 0.05) is 13.1 Å². The second-order valence-corrected chi connectivity index (χ2v) is 6.71. The third-order valence-electron chi connectivity index (χ3n) is 3.82. The van der Waals surface area contributed by atoms with E-state index in [0.29, 0.717) is 5.56 Å². The van der Waals surface area contributed by atoms with E-state index >= 15 is 0 Å². The highest BCUT2D eigenvalue weighted by Gasteiger charge is 2.28. The number of hydrogen-bond acceptors (Lipinski definition) is 9. The third kappa shape index (κ3) is 4.62. The number of anilines is 1. The van der Waals surface area contributed by atoms with E-state index in [9.17, 15) is 19.2 Å². The van der Waals surface area contributed by atoms with Crippen molar-refractivity contribution in [3.8, 4) is 0 Å². The van der Waals surface area contributed by atoms with Crippen LogP contribution in [-0.4, -0.2) is 53.9 Å². The highest BCUT2D eigenvalue weighted by atomic mass is 32.1. The number of nitrogens with zero attached hydrogens (tertiary/aromatic N) is 2.